The van der Waals surface area contributed by atoms with Crippen molar-refractivity contribution in [1.82, 2.24) is 24.2 Å². The van der Waals surface area contributed by atoms with Gasteiger partial charge in [0.25, 0.3) is 5.56 Å². The summed E-state index contributed by atoms with van der Waals surface area (Å²) in [5.74, 6) is 0. The lowest BCUT2D eigenvalue weighted by Crippen LogP contribution is -2.31. The van der Waals surface area contributed by atoms with Crippen molar-refractivity contribution >= 4 is 10.9 Å². The molecule has 1 N–H and O–H groups in total. The van der Waals surface area contributed by atoms with Gasteiger partial charge in [0.1, 0.15) is 0 Å². The van der Waals surface area contributed by atoms with Gasteiger partial charge in [-0.3, -0.25) is 19.0 Å². The number of rotatable bonds is 2. The Morgan fingerprint density at radius 2 is 1.96 bits per heavy atom. The van der Waals surface area contributed by atoms with Crippen LogP contribution in [0.1, 0.15) is 18.9 Å². The predicted molar refractivity (Wildman–Crippen MR) is 91.7 cm³/mol. The fourth-order valence-corrected chi connectivity index (χ4v) is 3.24. The zero-order valence-corrected chi connectivity index (χ0v) is 13.5. The molecule has 0 aliphatic carbocycles. The summed E-state index contributed by atoms with van der Waals surface area (Å²) in [5.41, 5.74) is 0.697. The highest BCUT2D eigenvalue weighted by molar-refractivity contribution is 5.80. The highest BCUT2D eigenvalue weighted by Crippen LogP contribution is 2.24. The summed E-state index contributed by atoms with van der Waals surface area (Å²) in [5, 5.41) is 5.76. The van der Waals surface area contributed by atoms with Crippen LogP contribution in [-0.2, 0) is 0 Å². The number of H-pyrrole nitrogens is 1. The van der Waals surface area contributed by atoms with Crippen LogP contribution in [0.25, 0.3) is 16.6 Å². The molecule has 1 fully saturated rings. The SMILES string of the molecule is CN1CCC(n2cc3ccc(-n4ccc(=O)[nH]c4=O)cc3n2)CC1. The van der Waals surface area contributed by atoms with Crippen molar-refractivity contribution < 1.29 is 0 Å². The molecule has 0 unspecified atom stereocenters. The molecule has 0 saturated carbocycles. The zero-order chi connectivity index (χ0) is 16.7. The maximum absolute atomic E-state index is 11.9. The average molecular weight is 325 g/mol. The Balaban J connectivity index is 1.71. The van der Waals surface area contributed by atoms with Crippen LogP contribution in [0.15, 0.2) is 46.2 Å². The minimum atomic E-state index is -0.448. The van der Waals surface area contributed by atoms with E-state index in [0.717, 1.165) is 36.8 Å². The fraction of sp³-hybridized carbons (Fsp3) is 0.353. The molecular weight excluding hydrogens is 306 g/mol. The number of piperidine rings is 1. The smallest absolute Gasteiger partial charge is 0.306 e. The van der Waals surface area contributed by atoms with Gasteiger partial charge in [0.05, 0.1) is 17.2 Å². The lowest BCUT2D eigenvalue weighted by Gasteiger charge is -2.28. The van der Waals surface area contributed by atoms with Gasteiger partial charge < -0.3 is 4.90 Å². The molecule has 24 heavy (non-hydrogen) atoms. The molecule has 1 aromatic carbocycles. The van der Waals surface area contributed by atoms with Gasteiger partial charge in [-0.1, -0.05) is 0 Å². The summed E-state index contributed by atoms with van der Waals surface area (Å²) < 4.78 is 3.46. The Hall–Kier alpha value is -2.67. The van der Waals surface area contributed by atoms with Crippen LogP contribution in [0.4, 0.5) is 0 Å². The Bertz CT molecular complexity index is 992. The van der Waals surface area contributed by atoms with Gasteiger partial charge in [0, 0.05) is 23.8 Å². The molecule has 1 aliphatic heterocycles. The van der Waals surface area contributed by atoms with Crippen LogP contribution in [0, 0.1) is 0 Å². The number of nitrogens with one attached hydrogen (secondary N) is 1. The number of fused-ring (bicyclic) bond motifs is 1. The summed E-state index contributed by atoms with van der Waals surface area (Å²) in [6.45, 7) is 2.16. The Morgan fingerprint density at radius 3 is 2.71 bits per heavy atom. The molecule has 4 rings (SSSR count). The molecule has 0 spiro atoms. The molecule has 0 amide bonds. The molecular formula is C17H19N5O2. The lowest BCUT2D eigenvalue weighted by atomic mass is 10.1. The van der Waals surface area contributed by atoms with Gasteiger partial charge in [0.15, 0.2) is 0 Å². The summed E-state index contributed by atoms with van der Waals surface area (Å²) in [4.78, 5) is 27.7. The highest BCUT2D eigenvalue weighted by atomic mass is 16.2. The predicted octanol–water partition coefficient (Wildman–Crippen LogP) is 1.14. The minimum Gasteiger partial charge on any atom is -0.306 e. The van der Waals surface area contributed by atoms with Crippen LogP contribution < -0.4 is 11.2 Å². The second kappa shape index (κ2) is 5.76. The number of hydrogen-bond donors (Lipinski definition) is 1. The van der Waals surface area contributed by atoms with Crippen molar-refractivity contribution in [3.05, 3.63) is 57.5 Å². The molecule has 2 aromatic heterocycles. The molecule has 3 aromatic rings. The first-order chi connectivity index (χ1) is 11.6. The van der Waals surface area contributed by atoms with Crippen molar-refractivity contribution in [2.45, 2.75) is 18.9 Å². The van der Waals surface area contributed by atoms with Gasteiger partial charge >= 0.3 is 5.69 Å². The third-order valence-corrected chi connectivity index (χ3v) is 4.67. The molecule has 0 atom stereocenters. The van der Waals surface area contributed by atoms with Gasteiger partial charge in [-0.05, 0) is 51.2 Å². The van der Waals surface area contributed by atoms with Crippen molar-refractivity contribution in [2.75, 3.05) is 20.1 Å². The van der Waals surface area contributed by atoms with E-state index in [1.165, 1.54) is 16.8 Å². The molecule has 3 heterocycles. The van der Waals surface area contributed by atoms with E-state index in [2.05, 4.69) is 27.8 Å². The highest BCUT2D eigenvalue weighted by Gasteiger charge is 2.19. The number of hydrogen-bond acceptors (Lipinski definition) is 4. The van der Waals surface area contributed by atoms with E-state index < -0.39 is 11.2 Å². The third kappa shape index (κ3) is 2.67. The number of aromatic amines is 1. The van der Waals surface area contributed by atoms with E-state index in [4.69, 9.17) is 5.10 Å². The van der Waals surface area contributed by atoms with Crippen molar-refractivity contribution in [3.8, 4) is 5.69 Å². The Labute approximate surface area is 138 Å². The van der Waals surface area contributed by atoms with Crippen LogP contribution in [0.5, 0.6) is 0 Å². The first-order valence-electron chi connectivity index (χ1n) is 8.10. The quantitative estimate of drug-likeness (QED) is 0.767. The van der Waals surface area contributed by atoms with Crippen molar-refractivity contribution in [3.63, 3.8) is 0 Å². The van der Waals surface area contributed by atoms with Crippen LogP contribution in [0.3, 0.4) is 0 Å². The normalized spacial score (nSPS) is 16.7. The average Bonchev–Trinajstić information content (AvgIpc) is 2.98. The molecule has 0 bridgehead atoms. The van der Waals surface area contributed by atoms with E-state index in [-0.39, 0.29) is 0 Å². The molecule has 1 aliphatic rings. The van der Waals surface area contributed by atoms with Crippen molar-refractivity contribution in [2.24, 2.45) is 0 Å². The van der Waals surface area contributed by atoms with E-state index in [1.807, 2.05) is 18.2 Å². The fourth-order valence-electron chi connectivity index (χ4n) is 3.24. The monoisotopic (exact) mass is 325 g/mol. The number of nitrogens with zero attached hydrogens (tertiary/aromatic N) is 4. The standard InChI is InChI=1S/C17H19N5O2/c1-20-7-4-13(5-8-20)22-11-12-2-3-14(10-15(12)19-22)21-9-6-16(23)18-17(21)24/h2-3,6,9-11,13H,4-5,7-8H2,1H3,(H,18,23,24). The van der Waals surface area contributed by atoms with Crippen LogP contribution in [0.2, 0.25) is 0 Å². The number of benzene rings is 1. The molecule has 7 heteroatoms. The second-order valence-electron chi connectivity index (χ2n) is 6.37. The van der Waals surface area contributed by atoms with E-state index >= 15 is 0 Å². The summed E-state index contributed by atoms with van der Waals surface area (Å²) in [7, 11) is 2.14. The van der Waals surface area contributed by atoms with Crippen molar-refractivity contribution in [1.29, 1.82) is 0 Å². The maximum atomic E-state index is 11.9. The second-order valence-corrected chi connectivity index (χ2v) is 6.37. The number of aromatic nitrogens is 4. The Morgan fingerprint density at radius 1 is 1.17 bits per heavy atom. The van der Waals surface area contributed by atoms with Crippen LogP contribution in [-0.4, -0.2) is 44.4 Å². The minimum absolute atomic E-state index is 0.399. The molecule has 1 saturated heterocycles. The zero-order valence-electron chi connectivity index (χ0n) is 13.5. The molecule has 7 nitrogen and oxygen atoms in total. The first kappa shape index (κ1) is 14.9. The van der Waals surface area contributed by atoms with E-state index in [1.54, 1.807) is 0 Å². The first-order valence-corrected chi connectivity index (χ1v) is 8.10. The van der Waals surface area contributed by atoms with E-state index in [0.29, 0.717) is 11.7 Å². The summed E-state index contributed by atoms with van der Waals surface area (Å²) in [6, 6.07) is 7.46. The summed E-state index contributed by atoms with van der Waals surface area (Å²) in [6.07, 6.45) is 5.74. The lowest BCUT2D eigenvalue weighted by molar-refractivity contribution is 0.213. The van der Waals surface area contributed by atoms with Gasteiger partial charge in [0.2, 0.25) is 0 Å². The van der Waals surface area contributed by atoms with E-state index in [9.17, 15) is 9.59 Å². The third-order valence-electron chi connectivity index (χ3n) is 4.67. The molecule has 0 radical (unpaired) electrons. The summed E-state index contributed by atoms with van der Waals surface area (Å²) >= 11 is 0. The topological polar surface area (TPSA) is 75.9 Å². The van der Waals surface area contributed by atoms with Gasteiger partial charge in [-0.2, -0.15) is 5.10 Å². The molecule has 124 valence electrons. The Kier molecular flexibility index (Phi) is 3.57. The van der Waals surface area contributed by atoms with Crippen LogP contribution >= 0.6 is 0 Å². The van der Waals surface area contributed by atoms with Gasteiger partial charge in [-0.25, -0.2) is 4.79 Å². The number of likely N-dealkylation sites (tertiary alicyclic amines) is 1. The van der Waals surface area contributed by atoms with Gasteiger partial charge in [-0.15, -0.1) is 0 Å². The largest absolute Gasteiger partial charge is 0.332 e. The maximum Gasteiger partial charge on any atom is 0.332 e.